The molecule has 0 aromatic heterocycles. The van der Waals surface area contributed by atoms with Crippen molar-refractivity contribution >= 4 is 16.1 Å². The summed E-state index contributed by atoms with van der Waals surface area (Å²) < 4.78 is 31.2. The van der Waals surface area contributed by atoms with Crippen molar-refractivity contribution < 1.29 is 17.9 Å². The summed E-state index contributed by atoms with van der Waals surface area (Å²) in [6.45, 7) is 1.81. The van der Waals surface area contributed by atoms with Crippen molar-refractivity contribution in [3.63, 3.8) is 0 Å². The molecule has 1 aliphatic carbocycles. The second-order valence-corrected chi connectivity index (χ2v) is 8.08. The molecule has 0 N–H and O–H groups in total. The second kappa shape index (κ2) is 6.83. The van der Waals surface area contributed by atoms with Crippen molar-refractivity contribution in [3.8, 4) is 0 Å². The van der Waals surface area contributed by atoms with Crippen molar-refractivity contribution in [2.75, 3.05) is 6.61 Å². The summed E-state index contributed by atoms with van der Waals surface area (Å²) in [4.78, 5) is 12.0. The molecule has 1 aromatic carbocycles. The average molecular weight is 347 g/mol. The number of carbonyl (C=O) groups is 1. The van der Waals surface area contributed by atoms with Gasteiger partial charge in [0, 0.05) is 0 Å². The minimum atomic E-state index is -3.97. The molecular weight excluding hydrogens is 326 g/mol. The van der Waals surface area contributed by atoms with E-state index in [1.54, 1.807) is 12.1 Å². The third-order valence-corrected chi connectivity index (χ3v) is 6.16. The normalized spacial score (nSPS) is 19.1. The Morgan fingerprint density at radius 1 is 1.17 bits per heavy atom. The number of sulfonamides is 1. The molecule has 5 nitrogen and oxygen atoms in total. The maximum Gasteiger partial charge on any atom is 0.429 e. The minimum Gasteiger partial charge on any atom is -0.441 e. The Hall–Kier alpha value is -2.04. The van der Waals surface area contributed by atoms with Gasteiger partial charge in [-0.2, -0.15) is 4.31 Å². The van der Waals surface area contributed by atoms with Gasteiger partial charge >= 0.3 is 6.09 Å². The van der Waals surface area contributed by atoms with Gasteiger partial charge in [0.2, 0.25) is 0 Å². The molecule has 24 heavy (non-hydrogen) atoms. The van der Waals surface area contributed by atoms with Gasteiger partial charge in [-0.05, 0) is 43.9 Å². The van der Waals surface area contributed by atoms with Gasteiger partial charge in [-0.3, -0.25) is 0 Å². The summed E-state index contributed by atoms with van der Waals surface area (Å²) in [7, 11) is -3.97. The fraction of sp³-hybridized carbons (Fsp3) is 0.444. The zero-order chi connectivity index (χ0) is 17.2. The smallest absolute Gasteiger partial charge is 0.429 e. The maximum absolute atomic E-state index is 12.8. The van der Waals surface area contributed by atoms with Crippen LogP contribution in [0.4, 0.5) is 4.79 Å². The molecule has 0 atom stereocenters. The molecule has 3 rings (SSSR count). The van der Waals surface area contributed by atoms with E-state index in [9.17, 15) is 13.2 Å². The van der Waals surface area contributed by atoms with Crippen molar-refractivity contribution in [1.82, 2.24) is 4.31 Å². The van der Waals surface area contributed by atoms with E-state index in [0.717, 1.165) is 22.7 Å². The molecule has 0 spiro atoms. The topological polar surface area (TPSA) is 63.7 Å². The molecule has 1 heterocycles. The summed E-state index contributed by atoms with van der Waals surface area (Å²) in [6.07, 6.45) is 6.80. The lowest BCUT2D eigenvalue weighted by Crippen LogP contribution is -2.30. The van der Waals surface area contributed by atoms with Gasteiger partial charge in [0.25, 0.3) is 10.0 Å². The van der Waals surface area contributed by atoms with Gasteiger partial charge in [0.1, 0.15) is 12.3 Å². The van der Waals surface area contributed by atoms with Crippen molar-refractivity contribution in [3.05, 3.63) is 47.3 Å². The molecule has 1 amide bonds. The summed E-state index contributed by atoms with van der Waals surface area (Å²) in [6, 6.07) is 6.41. The van der Waals surface area contributed by atoms with Gasteiger partial charge in [0.05, 0.1) is 4.90 Å². The number of aryl methyl sites for hydroxylation is 1. The predicted molar refractivity (Wildman–Crippen MR) is 89.7 cm³/mol. The third kappa shape index (κ3) is 3.40. The quantitative estimate of drug-likeness (QED) is 0.781. The SMILES string of the molecule is Cc1ccc(S(=O)(=O)N2C(=O)OCC2=C=CC2CCCCC2)cc1. The highest BCUT2D eigenvalue weighted by atomic mass is 32.2. The second-order valence-electron chi connectivity index (χ2n) is 6.29. The van der Waals surface area contributed by atoms with Crippen molar-refractivity contribution in [1.29, 1.82) is 0 Å². The van der Waals surface area contributed by atoms with E-state index in [0.29, 0.717) is 5.92 Å². The van der Waals surface area contributed by atoms with Crippen LogP contribution in [-0.4, -0.2) is 25.4 Å². The number of ether oxygens (including phenoxy) is 1. The van der Waals surface area contributed by atoms with Gasteiger partial charge in [-0.15, -0.1) is 0 Å². The molecule has 1 aromatic rings. The average Bonchev–Trinajstić information content (AvgIpc) is 2.96. The van der Waals surface area contributed by atoms with E-state index >= 15 is 0 Å². The van der Waals surface area contributed by atoms with Crippen LogP contribution in [0.5, 0.6) is 0 Å². The van der Waals surface area contributed by atoms with E-state index in [1.807, 2.05) is 13.0 Å². The Balaban J connectivity index is 1.92. The number of hydrogen-bond donors (Lipinski definition) is 0. The largest absolute Gasteiger partial charge is 0.441 e. The highest BCUT2D eigenvalue weighted by Gasteiger charge is 2.39. The molecule has 0 bridgehead atoms. The van der Waals surface area contributed by atoms with E-state index < -0.39 is 16.1 Å². The Morgan fingerprint density at radius 3 is 2.50 bits per heavy atom. The summed E-state index contributed by atoms with van der Waals surface area (Å²) in [5.41, 5.74) is 4.22. The van der Waals surface area contributed by atoms with Gasteiger partial charge in [-0.1, -0.05) is 42.7 Å². The molecule has 0 radical (unpaired) electrons. The highest BCUT2D eigenvalue weighted by Crippen LogP contribution is 2.27. The lowest BCUT2D eigenvalue weighted by molar-refractivity contribution is 0.170. The Labute approximate surface area is 142 Å². The number of amides is 1. The van der Waals surface area contributed by atoms with Gasteiger partial charge < -0.3 is 4.74 Å². The van der Waals surface area contributed by atoms with Crippen LogP contribution in [0, 0.1) is 12.8 Å². The Morgan fingerprint density at radius 2 is 1.83 bits per heavy atom. The molecule has 128 valence electrons. The molecule has 2 aliphatic rings. The number of nitrogens with zero attached hydrogens (tertiary/aromatic N) is 1. The summed E-state index contributed by atoms with van der Waals surface area (Å²) in [5.74, 6) is 0.394. The van der Waals surface area contributed by atoms with Crippen LogP contribution in [0.15, 0.2) is 46.7 Å². The van der Waals surface area contributed by atoms with E-state index in [-0.39, 0.29) is 17.2 Å². The Bertz CT molecular complexity index is 783. The van der Waals surface area contributed by atoms with E-state index in [4.69, 9.17) is 4.74 Å². The number of benzene rings is 1. The van der Waals surface area contributed by atoms with Crippen LogP contribution in [0.1, 0.15) is 37.7 Å². The van der Waals surface area contributed by atoms with Gasteiger partial charge in [0.15, 0.2) is 0 Å². The van der Waals surface area contributed by atoms with Crippen LogP contribution in [0.2, 0.25) is 0 Å². The highest BCUT2D eigenvalue weighted by molar-refractivity contribution is 7.89. The lowest BCUT2D eigenvalue weighted by atomic mass is 9.89. The van der Waals surface area contributed by atoms with E-state index in [2.05, 4.69) is 5.73 Å². The standard InChI is InChI=1S/C18H21NO4S/c1-14-7-11-17(12-8-14)24(21,22)19-16(13-23-18(19)20)10-9-15-5-3-2-4-6-15/h7-9,11-12,15H,2-6,13H2,1H3. The molecule has 1 saturated carbocycles. The predicted octanol–water partition coefficient (Wildman–Crippen LogP) is 3.76. The molecule has 1 saturated heterocycles. The zero-order valence-corrected chi connectivity index (χ0v) is 14.5. The first-order valence-electron chi connectivity index (χ1n) is 8.23. The molecule has 1 aliphatic heterocycles. The van der Waals surface area contributed by atoms with E-state index in [1.165, 1.54) is 31.4 Å². The maximum atomic E-state index is 12.8. The number of carbonyl (C=O) groups excluding carboxylic acids is 1. The first-order valence-corrected chi connectivity index (χ1v) is 9.67. The fourth-order valence-electron chi connectivity index (χ4n) is 3.03. The first kappa shape index (κ1) is 16.8. The molecule has 0 unspecified atom stereocenters. The molecule has 2 fully saturated rings. The molecule has 6 heteroatoms. The third-order valence-electron chi connectivity index (χ3n) is 4.44. The number of rotatable bonds is 3. The van der Waals surface area contributed by atoms with Crippen LogP contribution < -0.4 is 0 Å². The summed E-state index contributed by atoms with van der Waals surface area (Å²) >= 11 is 0. The summed E-state index contributed by atoms with van der Waals surface area (Å²) in [5, 5.41) is 0. The van der Waals surface area contributed by atoms with Crippen LogP contribution in [0.25, 0.3) is 0 Å². The number of cyclic esters (lactones) is 1. The Kier molecular flexibility index (Phi) is 4.78. The lowest BCUT2D eigenvalue weighted by Gasteiger charge is -2.17. The zero-order valence-electron chi connectivity index (χ0n) is 13.7. The fourth-order valence-corrected chi connectivity index (χ4v) is 4.37. The number of hydrogen-bond acceptors (Lipinski definition) is 4. The monoisotopic (exact) mass is 347 g/mol. The van der Waals surface area contributed by atoms with Gasteiger partial charge in [-0.25, -0.2) is 13.2 Å². The molecular formula is C18H21NO4S. The minimum absolute atomic E-state index is 0.0624. The van der Waals surface area contributed by atoms with Crippen LogP contribution in [-0.2, 0) is 14.8 Å². The van der Waals surface area contributed by atoms with Crippen molar-refractivity contribution in [2.45, 2.75) is 43.9 Å². The van der Waals surface area contributed by atoms with Crippen molar-refractivity contribution in [2.24, 2.45) is 5.92 Å². The van der Waals surface area contributed by atoms with Crippen LogP contribution >= 0.6 is 0 Å². The first-order chi connectivity index (χ1) is 11.5. The van der Waals surface area contributed by atoms with Crippen LogP contribution in [0.3, 0.4) is 0 Å².